The van der Waals surface area contributed by atoms with Crippen LogP contribution in [-0.2, 0) is 69.0 Å². The van der Waals surface area contributed by atoms with Gasteiger partial charge in [0, 0.05) is 0 Å². The van der Waals surface area contributed by atoms with E-state index in [0.29, 0.717) is 0 Å². The molecular formula is C76H104. The first-order valence-electron chi connectivity index (χ1n) is 29.7. The zero-order chi connectivity index (χ0) is 57.2. The van der Waals surface area contributed by atoms with Gasteiger partial charge < -0.3 is 0 Å². The molecule has 76 heavy (non-hydrogen) atoms. The van der Waals surface area contributed by atoms with Crippen LogP contribution in [0.5, 0.6) is 0 Å². The Bertz CT molecular complexity index is 3200. The summed E-state index contributed by atoms with van der Waals surface area (Å²) in [5, 5.41) is 5.54. The fourth-order valence-corrected chi connectivity index (χ4v) is 13.1. The molecule has 0 saturated heterocycles. The van der Waals surface area contributed by atoms with Crippen molar-refractivity contribution in [3.8, 4) is 44.5 Å². The maximum Gasteiger partial charge on any atom is -0.000730 e. The lowest BCUT2D eigenvalue weighted by Gasteiger charge is -2.37. The summed E-state index contributed by atoms with van der Waals surface area (Å²) >= 11 is 0. The van der Waals surface area contributed by atoms with E-state index in [4.69, 9.17) is 0 Å². The van der Waals surface area contributed by atoms with E-state index in [1.807, 2.05) is 0 Å². The van der Waals surface area contributed by atoms with Crippen molar-refractivity contribution >= 4 is 0 Å². The van der Waals surface area contributed by atoms with Crippen LogP contribution >= 0.6 is 0 Å². The van der Waals surface area contributed by atoms with E-state index in [1.165, 1.54) is 132 Å². The van der Waals surface area contributed by atoms with E-state index < -0.39 is 0 Å². The van der Waals surface area contributed by atoms with Crippen molar-refractivity contribution in [1.82, 2.24) is 0 Å². The Kier molecular flexibility index (Phi) is 15.2. The average Bonchev–Trinajstić information content (AvgIpc) is 3.28. The lowest BCUT2D eigenvalue weighted by atomic mass is 9.66. The van der Waals surface area contributed by atoms with Crippen LogP contribution in [0.4, 0.5) is 0 Å². The van der Waals surface area contributed by atoms with Crippen molar-refractivity contribution in [3.05, 3.63) is 160 Å². The molecule has 7 rings (SSSR count). The van der Waals surface area contributed by atoms with Gasteiger partial charge in [0.2, 0.25) is 0 Å². The molecule has 6 aromatic rings. The number of hydrogen-bond acceptors (Lipinski definition) is 0. The van der Waals surface area contributed by atoms with Crippen LogP contribution in [0.3, 0.4) is 0 Å². The maximum absolute atomic E-state index is 2.72. The number of aryl methyl sites for hydroxylation is 4. The largest absolute Gasteiger partial charge is 0.0616 e. The molecule has 0 nitrogen and oxygen atoms in total. The summed E-state index contributed by atoms with van der Waals surface area (Å²) in [4.78, 5) is 0. The number of rotatable bonds is 8. The Balaban J connectivity index is 2.10. The third-order valence-electron chi connectivity index (χ3n) is 17.0. The molecule has 0 radical (unpaired) electrons. The lowest BCUT2D eigenvalue weighted by molar-refractivity contribution is 0.571. The Labute approximate surface area is 465 Å². The molecule has 1 aliphatic carbocycles. The van der Waals surface area contributed by atoms with Crippen molar-refractivity contribution in [2.45, 2.75) is 263 Å². The summed E-state index contributed by atoms with van der Waals surface area (Å²) < 4.78 is 0. The van der Waals surface area contributed by atoms with E-state index in [0.717, 1.165) is 25.7 Å². The number of hydrogen-bond donors (Lipinski definition) is 0. The molecule has 0 bridgehead atoms. The molecule has 1 aliphatic rings. The minimum Gasteiger partial charge on any atom is -0.0616 e. The second-order valence-corrected chi connectivity index (χ2v) is 31.4. The first-order chi connectivity index (χ1) is 34.6. The fraction of sp³-hybridized carbons (Fsp3) is 0.526. The van der Waals surface area contributed by atoms with Crippen molar-refractivity contribution in [2.75, 3.05) is 0 Å². The van der Waals surface area contributed by atoms with E-state index in [9.17, 15) is 0 Å². The van der Waals surface area contributed by atoms with Crippen LogP contribution in [0.2, 0.25) is 0 Å². The minimum absolute atomic E-state index is 0.0772. The fourth-order valence-electron chi connectivity index (χ4n) is 13.1. The second kappa shape index (κ2) is 19.6. The van der Waals surface area contributed by atoms with Crippen molar-refractivity contribution in [2.24, 2.45) is 0 Å². The van der Waals surface area contributed by atoms with Gasteiger partial charge in [-0.25, -0.2) is 0 Å². The highest BCUT2D eigenvalue weighted by Gasteiger charge is 2.38. The van der Waals surface area contributed by atoms with Crippen LogP contribution in [0, 0.1) is 20.9 Å². The average molecular weight is 1020 g/mol. The second-order valence-electron chi connectivity index (χ2n) is 31.4. The smallest absolute Gasteiger partial charge is 0.000730 e. The summed E-state index contributed by atoms with van der Waals surface area (Å²) in [5.74, 6) is 0. The van der Waals surface area contributed by atoms with Gasteiger partial charge >= 0.3 is 0 Å². The van der Waals surface area contributed by atoms with Gasteiger partial charge in [-0.1, -0.05) is 267 Å². The highest BCUT2D eigenvalue weighted by Crippen LogP contribution is 2.57. The van der Waals surface area contributed by atoms with Crippen LogP contribution in [0.25, 0.3) is 44.5 Å². The van der Waals surface area contributed by atoms with Crippen LogP contribution in [0.15, 0.2) is 72.8 Å². The first kappa shape index (κ1) is 59.0. The van der Waals surface area contributed by atoms with Gasteiger partial charge in [-0.05, 0) is 201 Å². The molecule has 0 heteroatoms. The van der Waals surface area contributed by atoms with Crippen molar-refractivity contribution in [3.63, 3.8) is 0 Å². The topological polar surface area (TPSA) is 0 Å². The van der Waals surface area contributed by atoms with Gasteiger partial charge in [0.25, 0.3) is 0 Å². The summed E-state index contributed by atoms with van der Waals surface area (Å²) in [6, 6.07) is 30.9. The normalized spacial score (nSPS) is 13.7. The van der Waals surface area contributed by atoms with E-state index in [-0.39, 0.29) is 43.3 Å². The molecule has 408 valence electrons. The standard InChI is InChI=1S/C76H104/c1-29-45-37-59(73(17,18)19)51(41-55(45)69(5,6)7)65-63-49-35-33-34-36-50(49)64(63)66(52-42-56(70(8,9)10)46(30-2)38-60(52)74(20,21)22)68(54-44-58(72(14,15)16)48(32-4)40-62(54)76(26,27)28)67(65)53-43-57(71(11,12)13)47(31-3)39-61(53)75(23,24)25/h33-44H,29-32H2,1-28H3. The molecule has 0 aromatic heterocycles. The molecule has 0 N–H and O–H groups in total. The summed E-state index contributed by atoms with van der Waals surface area (Å²) in [6.45, 7) is 68.3. The van der Waals surface area contributed by atoms with Gasteiger partial charge in [-0.3, -0.25) is 0 Å². The van der Waals surface area contributed by atoms with Crippen molar-refractivity contribution < 1.29 is 0 Å². The van der Waals surface area contributed by atoms with Gasteiger partial charge in [0.05, 0.1) is 0 Å². The summed E-state index contributed by atoms with van der Waals surface area (Å²) in [5.41, 5.74) is 27.3. The summed E-state index contributed by atoms with van der Waals surface area (Å²) in [7, 11) is 0. The van der Waals surface area contributed by atoms with E-state index >= 15 is 0 Å². The Morgan fingerprint density at radius 3 is 0.592 bits per heavy atom. The molecule has 0 atom stereocenters. The Morgan fingerprint density at radius 2 is 0.421 bits per heavy atom. The molecule has 0 heterocycles. The van der Waals surface area contributed by atoms with Crippen LogP contribution in [-0.4, -0.2) is 0 Å². The third-order valence-corrected chi connectivity index (χ3v) is 17.0. The van der Waals surface area contributed by atoms with Crippen LogP contribution < -0.4 is 0 Å². The maximum atomic E-state index is 2.72. The highest BCUT2D eigenvalue weighted by molar-refractivity contribution is 6.06. The third kappa shape index (κ3) is 10.6. The zero-order valence-electron chi connectivity index (χ0n) is 53.8. The molecule has 0 aliphatic heterocycles. The van der Waals surface area contributed by atoms with Gasteiger partial charge in [-0.2, -0.15) is 0 Å². The molecule has 0 amide bonds. The Hall–Kier alpha value is -4.68. The first-order valence-corrected chi connectivity index (χ1v) is 29.7. The molecule has 0 unspecified atom stereocenters. The minimum atomic E-state index is -0.186. The predicted molar refractivity (Wildman–Crippen MR) is 337 cm³/mol. The monoisotopic (exact) mass is 1020 g/mol. The molecule has 0 fully saturated rings. The SMILES string of the molecule is CCc1cc(C(C)(C)C)c(-c2c(-c3cc(C(C)(C)C)c(CC)cc3C(C)(C)C)c(-c3cc(C(C)(C)C)c(CC)cc3C(C)(C)C)c3c(c2-c2cc(C(C)(C)C)c(CC)cc2C(C)(C)C)=c2ccccc2=3)cc1C(C)(C)C. The zero-order valence-corrected chi connectivity index (χ0v) is 53.8. The van der Waals surface area contributed by atoms with Crippen LogP contribution in [0.1, 0.15) is 261 Å². The predicted octanol–water partition coefficient (Wildman–Crippen LogP) is 21.9. The Morgan fingerprint density at radius 1 is 0.237 bits per heavy atom. The van der Waals surface area contributed by atoms with Crippen molar-refractivity contribution in [1.29, 1.82) is 0 Å². The van der Waals surface area contributed by atoms with E-state index in [1.54, 1.807) is 0 Å². The molecule has 0 spiro atoms. The summed E-state index contributed by atoms with van der Waals surface area (Å²) in [6.07, 6.45) is 3.94. The highest BCUT2D eigenvalue weighted by atomic mass is 14.4. The number of fused-ring (bicyclic) bond motifs is 2. The molecular weight excluding hydrogens is 913 g/mol. The number of benzene rings is 6. The lowest BCUT2D eigenvalue weighted by Crippen LogP contribution is -2.22. The van der Waals surface area contributed by atoms with E-state index in [2.05, 4.69) is 267 Å². The molecule has 6 aromatic carbocycles. The molecule has 0 saturated carbocycles. The quantitative estimate of drug-likeness (QED) is 0.142. The van der Waals surface area contributed by atoms with Gasteiger partial charge in [0.15, 0.2) is 0 Å². The van der Waals surface area contributed by atoms with Gasteiger partial charge in [0.1, 0.15) is 0 Å². The van der Waals surface area contributed by atoms with Gasteiger partial charge in [-0.15, -0.1) is 0 Å².